The first kappa shape index (κ1) is 35.2. The number of thiophene rings is 1. The van der Waals surface area contributed by atoms with Crippen molar-refractivity contribution in [2.75, 3.05) is 4.90 Å². The summed E-state index contributed by atoms with van der Waals surface area (Å²) in [6.45, 7) is 0. The molecule has 0 atom stereocenters. The van der Waals surface area contributed by atoms with E-state index < -0.39 is 0 Å². The van der Waals surface area contributed by atoms with E-state index in [-0.39, 0.29) is 0 Å². The zero-order valence-corrected chi connectivity index (χ0v) is 33.9. The summed E-state index contributed by atoms with van der Waals surface area (Å²) in [5.41, 5.74) is 14.6. The van der Waals surface area contributed by atoms with Gasteiger partial charge in [0.1, 0.15) is 11.2 Å². The van der Waals surface area contributed by atoms with E-state index in [1.807, 2.05) is 23.5 Å². The molecule has 12 aromatic rings. The monoisotopic (exact) mass is 795 g/mol. The van der Waals surface area contributed by atoms with Crippen molar-refractivity contribution in [1.82, 2.24) is 0 Å². The first-order chi connectivity index (χ1) is 30.2. The molecule has 61 heavy (non-hydrogen) atoms. The lowest BCUT2D eigenvalue weighted by Crippen LogP contribution is -2.09. The molecule has 2 aromatic heterocycles. The number of hydrogen-bond donors (Lipinski definition) is 0. The predicted octanol–water partition coefficient (Wildman–Crippen LogP) is 17.2. The van der Waals surface area contributed by atoms with Crippen molar-refractivity contribution in [2.24, 2.45) is 0 Å². The van der Waals surface area contributed by atoms with Crippen LogP contribution in [-0.2, 0) is 0 Å². The molecule has 0 saturated carbocycles. The van der Waals surface area contributed by atoms with Gasteiger partial charge < -0.3 is 9.32 Å². The third-order valence-electron chi connectivity index (χ3n) is 12.1. The van der Waals surface area contributed by atoms with Crippen molar-refractivity contribution >= 4 is 81.3 Å². The minimum atomic E-state index is 0.907. The van der Waals surface area contributed by atoms with Gasteiger partial charge in [-0.15, -0.1) is 11.3 Å². The quantitative estimate of drug-likeness (QED) is 0.160. The molecule has 3 heteroatoms. The van der Waals surface area contributed by atoms with Crippen molar-refractivity contribution in [2.45, 2.75) is 0 Å². The highest BCUT2D eigenvalue weighted by atomic mass is 32.1. The van der Waals surface area contributed by atoms with Crippen molar-refractivity contribution in [3.8, 4) is 44.5 Å². The molecule has 0 radical (unpaired) electrons. The highest BCUT2D eigenvalue weighted by Crippen LogP contribution is 2.44. The van der Waals surface area contributed by atoms with Gasteiger partial charge in [0.2, 0.25) is 0 Å². The summed E-state index contributed by atoms with van der Waals surface area (Å²) >= 11 is 1.87. The van der Waals surface area contributed by atoms with Gasteiger partial charge in [0.15, 0.2) is 0 Å². The average Bonchev–Trinajstić information content (AvgIpc) is 3.90. The third-order valence-corrected chi connectivity index (χ3v) is 13.2. The molecule has 286 valence electrons. The van der Waals surface area contributed by atoms with Crippen LogP contribution in [0.2, 0.25) is 0 Å². The van der Waals surface area contributed by atoms with Crippen LogP contribution >= 0.6 is 11.3 Å². The van der Waals surface area contributed by atoms with Crippen molar-refractivity contribution in [3.05, 3.63) is 224 Å². The van der Waals surface area contributed by atoms with Gasteiger partial charge in [0, 0.05) is 48.0 Å². The van der Waals surface area contributed by atoms with E-state index >= 15 is 0 Å². The van der Waals surface area contributed by atoms with E-state index in [4.69, 9.17) is 4.42 Å². The molecule has 0 N–H and O–H groups in total. The van der Waals surface area contributed by atoms with E-state index in [1.165, 1.54) is 58.8 Å². The normalized spacial score (nSPS) is 11.6. The molecule has 2 nitrogen and oxygen atoms in total. The standard InChI is InChI=1S/C58H37NOS/c1-2-10-38(11-3-1)42-13-8-14-43(34-42)39-20-26-47(27-21-39)59(49-30-32-53-57(37-49)61-56-33-25-41-12-4-5-17-50(41)58(53)56)48-28-22-40(23-29-48)44-15-9-16-45(35-44)46-24-31-52-51-18-6-7-19-54(51)60-55(52)36-46/h1-37H. The lowest BCUT2D eigenvalue weighted by molar-refractivity contribution is 0.669. The Morgan fingerprint density at radius 1 is 0.295 bits per heavy atom. The van der Waals surface area contributed by atoms with Crippen LogP contribution in [0.5, 0.6) is 0 Å². The molecule has 0 aliphatic heterocycles. The van der Waals surface area contributed by atoms with E-state index in [2.05, 4.69) is 217 Å². The van der Waals surface area contributed by atoms with E-state index in [0.29, 0.717) is 0 Å². The zero-order chi connectivity index (χ0) is 40.3. The number of furan rings is 1. The number of nitrogens with zero attached hydrogens (tertiary/aromatic N) is 1. The van der Waals surface area contributed by atoms with E-state index in [9.17, 15) is 0 Å². The fourth-order valence-electron chi connectivity index (χ4n) is 9.02. The molecule has 12 rings (SSSR count). The van der Waals surface area contributed by atoms with Gasteiger partial charge in [-0.25, -0.2) is 0 Å². The summed E-state index contributed by atoms with van der Waals surface area (Å²) in [5.74, 6) is 0. The van der Waals surface area contributed by atoms with Crippen LogP contribution in [0.1, 0.15) is 0 Å². The van der Waals surface area contributed by atoms with Crippen LogP contribution in [0.3, 0.4) is 0 Å². The second-order valence-corrected chi connectivity index (χ2v) is 16.8. The molecule has 0 bridgehead atoms. The summed E-state index contributed by atoms with van der Waals surface area (Å²) in [6.07, 6.45) is 0. The van der Waals surface area contributed by atoms with Gasteiger partial charge in [-0.1, -0.05) is 152 Å². The fourth-order valence-corrected chi connectivity index (χ4v) is 10.2. The number of hydrogen-bond acceptors (Lipinski definition) is 3. The minimum Gasteiger partial charge on any atom is -0.456 e. The van der Waals surface area contributed by atoms with Crippen molar-refractivity contribution in [3.63, 3.8) is 0 Å². The molecule has 0 aliphatic rings. The molecule has 0 fully saturated rings. The topological polar surface area (TPSA) is 16.4 Å². The maximum absolute atomic E-state index is 6.24. The SMILES string of the molecule is c1ccc(-c2cccc(-c3ccc(N(c4ccc(-c5cccc(-c6ccc7c(c6)oc6ccccc67)c5)cc4)c4ccc5c(c4)sc4ccc6ccccc6c45)cc3)c2)cc1. The summed E-state index contributed by atoms with van der Waals surface area (Å²) in [5, 5.41) is 7.49. The van der Waals surface area contributed by atoms with Crippen molar-refractivity contribution in [1.29, 1.82) is 0 Å². The maximum atomic E-state index is 6.24. The van der Waals surface area contributed by atoms with E-state index in [1.54, 1.807) is 0 Å². The summed E-state index contributed by atoms with van der Waals surface area (Å²) in [7, 11) is 0. The molecule has 0 saturated heterocycles. The number of rotatable bonds is 7. The number of para-hydroxylation sites is 1. The van der Waals surface area contributed by atoms with E-state index in [0.717, 1.165) is 55.7 Å². The molecular formula is C58H37NOS. The highest BCUT2D eigenvalue weighted by Gasteiger charge is 2.17. The van der Waals surface area contributed by atoms with Crippen LogP contribution in [0.25, 0.3) is 97.4 Å². The third kappa shape index (κ3) is 6.26. The Balaban J connectivity index is 0.923. The largest absolute Gasteiger partial charge is 0.456 e. The molecule has 10 aromatic carbocycles. The number of benzene rings is 10. The lowest BCUT2D eigenvalue weighted by atomic mass is 9.98. The first-order valence-corrected chi connectivity index (χ1v) is 21.5. The minimum absolute atomic E-state index is 0.907. The molecule has 0 aliphatic carbocycles. The maximum Gasteiger partial charge on any atom is 0.136 e. The zero-order valence-electron chi connectivity index (χ0n) is 33.1. The molecular weight excluding hydrogens is 759 g/mol. The van der Waals surface area contributed by atoms with Gasteiger partial charge in [-0.05, 0) is 128 Å². The van der Waals surface area contributed by atoms with Gasteiger partial charge >= 0.3 is 0 Å². The second-order valence-electron chi connectivity index (χ2n) is 15.7. The van der Waals surface area contributed by atoms with Crippen LogP contribution in [0.4, 0.5) is 17.1 Å². The highest BCUT2D eigenvalue weighted by molar-refractivity contribution is 7.26. The number of anilines is 3. The van der Waals surface area contributed by atoms with Gasteiger partial charge in [-0.2, -0.15) is 0 Å². The molecule has 0 unspecified atom stereocenters. The second kappa shape index (κ2) is 14.5. The molecule has 0 amide bonds. The van der Waals surface area contributed by atoms with Gasteiger partial charge in [0.05, 0.1) is 0 Å². The Kier molecular flexibility index (Phi) is 8.39. The number of fused-ring (bicyclic) bond motifs is 8. The average molecular weight is 796 g/mol. The van der Waals surface area contributed by atoms with Crippen molar-refractivity contribution < 1.29 is 4.42 Å². The Morgan fingerprint density at radius 3 is 1.51 bits per heavy atom. The van der Waals surface area contributed by atoms with Gasteiger partial charge in [-0.3, -0.25) is 0 Å². The Hall–Kier alpha value is -7.72. The molecule has 0 spiro atoms. The Bertz CT molecular complexity index is 3580. The Labute approximate surface area is 357 Å². The Morgan fingerprint density at radius 2 is 0.803 bits per heavy atom. The van der Waals surface area contributed by atoms with Crippen LogP contribution in [0.15, 0.2) is 229 Å². The molecule has 2 heterocycles. The van der Waals surface area contributed by atoms with Gasteiger partial charge in [0.25, 0.3) is 0 Å². The lowest BCUT2D eigenvalue weighted by Gasteiger charge is -2.26. The van der Waals surface area contributed by atoms with Crippen LogP contribution in [0, 0.1) is 0 Å². The summed E-state index contributed by atoms with van der Waals surface area (Å²) in [6, 6.07) is 81.2. The fraction of sp³-hybridized carbons (Fsp3) is 0. The smallest absolute Gasteiger partial charge is 0.136 e. The first-order valence-electron chi connectivity index (χ1n) is 20.7. The predicted molar refractivity (Wildman–Crippen MR) is 261 cm³/mol. The summed E-state index contributed by atoms with van der Waals surface area (Å²) in [4.78, 5) is 2.38. The summed E-state index contributed by atoms with van der Waals surface area (Å²) < 4.78 is 8.82. The van der Waals surface area contributed by atoms with Crippen LogP contribution in [-0.4, -0.2) is 0 Å². The van der Waals surface area contributed by atoms with Crippen LogP contribution < -0.4 is 4.90 Å².